The minimum atomic E-state index is -0.465. The summed E-state index contributed by atoms with van der Waals surface area (Å²) in [5.74, 6) is -0.159. The molecule has 2 aromatic carbocycles. The number of amides is 1. The zero-order valence-electron chi connectivity index (χ0n) is 14.5. The van der Waals surface area contributed by atoms with Crippen LogP contribution in [0.2, 0.25) is 10.0 Å². The lowest BCUT2D eigenvalue weighted by Crippen LogP contribution is -2.23. The van der Waals surface area contributed by atoms with Crippen LogP contribution in [0.3, 0.4) is 0 Å². The van der Waals surface area contributed by atoms with E-state index in [2.05, 4.69) is 31.7 Å². The lowest BCUT2D eigenvalue weighted by molar-refractivity contribution is -0.115. The number of carbonyl (C=O) groups excluding carboxylic acids is 1. The molecule has 1 aromatic heterocycles. The molecule has 3 rings (SSSR count). The molecule has 1 amide bonds. The van der Waals surface area contributed by atoms with Gasteiger partial charge in [-0.1, -0.05) is 39.1 Å². The van der Waals surface area contributed by atoms with E-state index in [1.165, 1.54) is 10.9 Å². The molecule has 0 aliphatic carbocycles. The Hall–Kier alpha value is -2.35. The third kappa shape index (κ3) is 5.13. The zero-order valence-corrected chi connectivity index (χ0v) is 17.6. The van der Waals surface area contributed by atoms with E-state index in [9.17, 15) is 9.59 Å². The van der Waals surface area contributed by atoms with Gasteiger partial charge in [-0.3, -0.25) is 9.59 Å². The molecular formula is C19H15BrCl2N4O2. The molecule has 2 N–H and O–H groups in total. The lowest BCUT2D eigenvalue weighted by Gasteiger charge is -2.10. The van der Waals surface area contributed by atoms with Crippen molar-refractivity contribution in [2.45, 2.75) is 6.42 Å². The number of rotatable bonds is 6. The molecule has 9 heteroatoms. The Kier molecular flexibility index (Phi) is 6.72. The topological polar surface area (TPSA) is 76.0 Å². The van der Waals surface area contributed by atoms with Gasteiger partial charge in [-0.15, -0.1) is 0 Å². The van der Waals surface area contributed by atoms with E-state index in [4.69, 9.17) is 23.2 Å². The summed E-state index contributed by atoms with van der Waals surface area (Å²) in [5, 5.41) is 10.4. The first-order valence-electron chi connectivity index (χ1n) is 8.27. The number of hydrogen-bond donors (Lipinski definition) is 2. The molecule has 0 saturated heterocycles. The van der Waals surface area contributed by atoms with Crippen molar-refractivity contribution in [1.29, 1.82) is 0 Å². The number of anilines is 2. The molecular weight excluding hydrogens is 467 g/mol. The fourth-order valence-electron chi connectivity index (χ4n) is 2.39. The van der Waals surface area contributed by atoms with Crippen LogP contribution in [-0.4, -0.2) is 22.2 Å². The molecule has 0 aliphatic rings. The lowest BCUT2D eigenvalue weighted by atomic mass is 10.3. The van der Waals surface area contributed by atoms with Crippen molar-refractivity contribution in [3.05, 3.63) is 79.6 Å². The highest BCUT2D eigenvalue weighted by Gasteiger charge is 2.11. The Morgan fingerprint density at radius 3 is 2.43 bits per heavy atom. The van der Waals surface area contributed by atoms with Crippen molar-refractivity contribution < 1.29 is 4.79 Å². The van der Waals surface area contributed by atoms with E-state index in [0.29, 0.717) is 28.6 Å². The molecule has 0 radical (unpaired) electrons. The van der Waals surface area contributed by atoms with Gasteiger partial charge in [-0.2, -0.15) is 9.78 Å². The van der Waals surface area contributed by atoms with E-state index in [0.717, 1.165) is 4.47 Å². The van der Waals surface area contributed by atoms with Crippen molar-refractivity contribution in [2.24, 2.45) is 0 Å². The second-order valence-corrected chi connectivity index (χ2v) is 7.53. The predicted molar refractivity (Wildman–Crippen MR) is 116 cm³/mol. The van der Waals surface area contributed by atoms with Gasteiger partial charge < -0.3 is 10.6 Å². The van der Waals surface area contributed by atoms with Crippen molar-refractivity contribution in [2.75, 3.05) is 17.2 Å². The van der Waals surface area contributed by atoms with E-state index in [-0.39, 0.29) is 17.4 Å². The summed E-state index contributed by atoms with van der Waals surface area (Å²) in [7, 11) is 0. The molecule has 0 bridgehead atoms. The SMILES string of the molecule is O=C(CCNc1cnn(-c2ccc(Cl)cc2)c(=O)c1Cl)Nc1ccc(Br)cc1. The number of aromatic nitrogens is 2. The number of benzene rings is 2. The maximum absolute atomic E-state index is 12.5. The Morgan fingerprint density at radius 2 is 1.75 bits per heavy atom. The summed E-state index contributed by atoms with van der Waals surface area (Å²) in [4.78, 5) is 24.5. The Morgan fingerprint density at radius 1 is 1.07 bits per heavy atom. The Labute approximate surface area is 179 Å². The van der Waals surface area contributed by atoms with Gasteiger partial charge >= 0.3 is 0 Å². The summed E-state index contributed by atoms with van der Waals surface area (Å²) >= 11 is 15.4. The van der Waals surface area contributed by atoms with Crippen LogP contribution in [-0.2, 0) is 4.79 Å². The minimum Gasteiger partial charge on any atom is -0.382 e. The summed E-state index contributed by atoms with van der Waals surface area (Å²) < 4.78 is 2.12. The number of halogens is 3. The molecule has 6 nitrogen and oxygen atoms in total. The fraction of sp³-hybridized carbons (Fsp3) is 0.105. The molecule has 0 atom stereocenters. The van der Waals surface area contributed by atoms with Crippen LogP contribution in [0.1, 0.15) is 6.42 Å². The minimum absolute atomic E-state index is 0.00160. The summed E-state index contributed by atoms with van der Waals surface area (Å²) in [6.07, 6.45) is 1.65. The van der Waals surface area contributed by atoms with Crippen molar-refractivity contribution in [3.8, 4) is 5.69 Å². The van der Waals surface area contributed by atoms with Crippen LogP contribution in [0.15, 0.2) is 64.0 Å². The van der Waals surface area contributed by atoms with Gasteiger partial charge in [0.15, 0.2) is 0 Å². The largest absolute Gasteiger partial charge is 0.382 e. The number of hydrogen-bond acceptors (Lipinski definition) is 4. The molecule has 0 unspecified atom stereocenters. The quantitative estimate of drug-likeness (QED) is 0.533. The van der Waals surface area contributed by atoms with Crippen LogP contribution in [0.4, 0.5) is 11.4 Å². The molecule has 0 fully saturated rings. The maximum Gasteiger partial charge on any atom is 0.292 e. The van der Waals surface area contributed by atoms with E-state index in [1.54, 1.807) is 36.4 Å². The normalized spacial score (nSPS) is 10.5. The van der Waals surface area contributed by atoms with Gasteiger partial charge in [0.05, 0.1) is 17.6 Å². The van der Waals surface area contributed by atoms with E-state index < -0.39 is 5.56 Å². The van der Waals surface area contributed by atoms with Gasteiger partial charge in [-0.05, 0) is 48.5 Å². The molecule has 0 saturated carbocycles. The average molecular weight is 482 g/mol. The predicted octanol–water partition coefficient (Wildman–Crippen LogP) is 4.74. The summed E-state index contributed by atoms with van der Waals surface area (Å²) in [6.45, 7) is 0.300. The van der Waals surface area contributed by atoms with Gasteiger partial charge in [0.25, 0.3) is 5.56 Å². The van der Waals surface area contributed by atoms with Gasteiger partial charge in [0.2, 0.25) is 5.91 Å². The highest BCUT2D eigenvalue weighted by atomic mass is 79.9. The van der Waals surface area contributed by atoms with E-state index in [1.807, 2.05) is 12.1 Å². The first-order chi connectivity index (χ1) is 13.4. The Bertz CT molecular complexity index is 1040. The van der Waals surface area contributed by atoms with E-state index >= 15 is 0 Å². The molecule has 144 valence electrons. The first-order valence-corrected chi connectivity index (χ1v) is 9.82. The summed E-state index contributed by atoms with van der Waals surface area (Å²) in [6, 6.07) is 14.0. The molecule has 1 heterocycles. The monoisotopic (exact) mass is 480 g/mol. The van der Waals surface area contributed by atoms with Crippen molar-refractivity contribution in [1.82, 2.24) is 9.78 Å². The third-order valence-electron chi connectivity index (χ3n) is 3.79. The van der Waals surface area contributed by atoms with Crippen LogP contribution in [0.5, 0.6) is 0 Å². The smallest absolute Gasteiger partial charge is 0.292 e. The van der Waals surface area contributed by atoms with Crippen LogP contribution in [0, 0.1) is 0 Å². The maximum atomic E-state index is 12.5. The standard InChI is InChI=1S/C19H15BrCl2N4O2/c20-12-1-5-14(6-2-12)25-17(27)9-10-23-16-11-24-26(19(28)18(16)22)15-7-3-13(21)4-8-15/h1-8,11,23H,9-10H2,(H,25,27). The second-order valence-electron chi connectivity index (χ2n) is 5.80. The van der Waals surface area contributed by atoms with Crippen molar-refractivity contribution >= 4 is 56.4 Å². The summed E-state index contributed by atoms with van der Waals surface area (Å²) in [5.41, 5.74) is 1.16. The highest BCUT2D eigenvalue weighted by Crippen LogP contribution is 2.18. The first kappa shape index (κ1) is 20.4. The number of carbonyl (C=O) groups is 1. The zero-order chi connectivity index (χ0) is 20.1. The third-order valence-corrected chi connectivity index (χ3v) is 4.93. The van der Waals surface area contributed by atoms with Crippen LogP contribution >= 0.6 is 39.1 Å². The van der Waals surface area contributed by atoms with Gasteiger partial charge in [0, 0.05) is 28.1 Å². The molecule has 28 heavy (non-hydrogen) atoms. The highest BCUT2D eigenvalue weighted by molar-refractivity contribution is 9.10. The van der Waals surface area contributed by atoms with Crippen LogP contribution < -0.4 is 16.2 Å². The second kappa shape index (κ2) is 9.23. The van der Waals surface area contributed by atoms with Gasteiger partial charge in [-0.25, -0.2) is 0 Å². The van der Waals surface area contributed by atoms with Crippen molar-refractivity contribution in [3.63, 3.8) is 0 Å². The molecule has 0 spiro atoms. The number of nitrogens with one attached hydrogen (secondary N) is 2. The van der Waals surface area contributed by atoms with Gasteiger partial charge in [0.1, 0.15) is 5.02 Å². The fourth-order valence-corrected chi connectivity index (χ4v) is 2.98. The molecule has 0 aliphatic heterocycles. The van der Waals surface area contributed by atoms with Crippen LogP contribution in [0.25, 0.3) is 5.69 Å². The Balaban J connectivity index is 1.61. The average Bonchev–Trinajstić information content (AvgIpc) is 2.68. The molecule has 3 aromatic rings. The number of nitrogens with zero attached hydrogens (tertiary/aromatic N) is 2.